The van der Waals surface area contributed by atoms with Crippen LogP contribution in [-0.2, 0) is 0 Å². The van der Waals surface area contributed by atoms with E-state index in [1.165, 1.54) is 19.3 Å². The van der Waals surface area contributed by atoms with Crippen molar-refractivity contribution in [1.29, 1.82) is 0 Å². The summed E-state index contributed by atoms with van der Waals surface area (Å²) in [6.07, 6.45) is 15.9. The molecule has 0 nitrogen and oxygen atoms in total. The molecular weight excluding hydrogens is 212 g/mol. The molecule has 2 rings (SSSR count). The second-order valence-corrected chi connectivity index (χ2v) is 11.1. The lowest BCUT2D eigenvalue weighted by Gasteiger charge is -2.44. The van der Waals surface area contributed by atoms with E-state index in [1.54, 1.807) is 25.7 Å². The molecule has 0 spiro atoms. The van der Waals surface area contributed by atoms with Gasteiger partial charge in [-0.25, -0.2) is 10.0 Å². The van der Waals surface area contributed by atoms with Crippen molar-refractivity contribution in [1.82, 2.24) is 0 Å². The fraction of sp³-hybridized carbons (Fsp3) is 1.00. The normalized spacial score (nSPS) is 37.4. The fourth-order valence-corrected chi connectivity index (χ4v) is 7.03. The molecule has 0 radical (unpaired) electrons. The largest absolute Gasteiger partial charge is 0.241 e. The van der Waals surface area contributed by atoms with E-state index in [0.717, 1.165) is 22.3 Å². The third-order valence-corrected chi connectivity index (χ3v) is 9.95. The zero-order chi connectivity index (χ0) is 11.8. The minimum Gasteiger partial charge on any atom is -0.241 e. The standard InChI is InChI=1S/C15H30S/c1-5-7-12(2)16(3,4)15-10-13-8-6-9-14(13)11-15/h12-15H,5-11H2,1-4H3. The van der Waals surface area contributed by atoms with Crippen molar-refractivity contribution in [2.45, 2.75) is 69.3 Å². The van der Waals surface area contributed by atoms with E-state index in [9.17, 15) is 0 Å². The number of rotatable bonds is 4. The molecule has 96 valence electrons. The molecule has 0 saturated heterocycles. The van der Waals surface area contributed by atoms with Gasteiger partial charge in [0.2, 0.25) is 0 Å². The lowest BCUT2D eigenvalue weighted by molar-refractivity contribution is 0.457. The Labute approximate surface area is 104 Å². The van der Waals surface area contributed by atoms with Crippen LogP contribution in [0, 0.1) is 11.8 Å². The topological polar surface area (TPSA) is 0 Å². The van der Waals surface area contributed by atoms with E-state index in [2.05, 4.69) is 26.4 Å². The summed E-state index contributed by atoms with van der Waals surface area (Å²) in [5.41, 5.74) is 0. The molecule has 0 aliphatic heterocycles. The molecule has 1 heteroatoms. The maximum absolute atomic E-state index is 2.62. The maximum Gasteiger partial charge on any atom is -0.0109 e. The predicted molar refractivity (Wildman–Crippen MR) is 77.7 cm³/mol. The van der Waals surface area contributed by atoms with Crippen molar-refractivity contribution in [2.75, 3.05) is 12.5 Å². The summed E-state index contributed by atoms with van der Waals surface area (Å²) in [7, 11) is -0.343. The Bertz CT molecular complexity index is 222. The van der Waals surface area contributed by atoms with Crippen molar-refractivity contribution in [3.8, 4) is 0 Å². The van der Waals surface area contributed by atoms with Gasteiger partial charge in [0.15, 0.2) is 0 Å². The molecular formula is C15H30S. The van der Waals surface area contributed by atoms with Crippen LogP contribution in [0.1, 0.15) is 58.8 Å². The molecule has 0 N–H and O–H groups in total. The van der Waals surface area contributed by atoms with E-state index in [-0.39, 0.29) is 10.0 Å². The molecule has 0 aromatic heterocycles. The van der Waals surface area contributed by atoms with Crippen LogP contribution in [0.15, 0.2) is 0 Å². The Balaban J connectivity index is 1.96. The van der Waals surface area contributed by atoms with Crippen LogP contribution in [-0.4, -0.2) is 23.0 Å². The zero-order valence-corrected chi connectivity index (χ0v) is 12.5. The molecule has 2 saturated carbocycles. The third kappa shape index (κ3) is 2.30. The van der Waals surface area contributed by atoms with Gasteiger partial charge in [0.25, 0.3) is 0 Å². The highest BCUT2D eigenvalue weighted by Crippen LogP contribution is 2.61. The maximum atomic E-state index is 2.62. The second-order valence-electron chi connectivity index (χ2n) is 6.63. The smallest absolute Gasteiger partial charge is 0.0109 e. The predicted octanol–water partition coefficient (Wildman–Crippen LogP) is 4.82. The highest BCUT2D eigenvalue weighted by atomic mass is 32.3. The van der Waals surface area contributed by atoms with Gasteiger partial charge in [-0.2, -0.15) is 0 Å². The molecule has 0 aromatic carbocycles. The first-order valence-corrected chi connectivity index (χ1v) is 9.84. The number of fused-ring (bicyclic) bond motifs is 1. The van der Waals surface area contributed by atoms with Crippen LogP contribution >= 0.6 is 10.0 Å². The molecule has 0 heterocycles. The van der Waals surface area contributed by atoms with Gasteiger partial charge in [-0.1, -0.05) is 39.5 Å². The highest BCUT2D eigenvalue weighted by Gasteiger charge is 2.42. The second kappa shape index (κ2) is 4.92. The molecule has 2 fully saturated rings. The van der Waals surface area contributed by atoms with Crippen LogP contribution in [0.2, 0.25) is 0 Å². The first-order valence-electron chi connectivity index (χ1n) is 7.26. The summed E-state index contributed by atoms with van der Waals surface area (Å²) in [4.78, 5) is 0. The monoisotopic (exact) mass is 242 g/mol. The van der Waals surface area contributed by atoms with Crippen LogP contribution in [0.4, 0.5) is 0 Å². The average molecular weight is 242 g/mol. The van der Waals surface area contributed by atoms with Crippen molar-refractivity contribution >= 4 is 10.0 Å². The summed E-state index contributed by atoms with van der Waals surface area (Å²) in [6, 6.07) is 0. The quantitative estimate of drug-likeness (QED) is 0.663. The molecule has 0 amide bonds. The van der Waals surface area contributed by atoms with E-state index >= 15 is 0 Å². The summed E-state index contributed by atoms with van der Waals surface area (Å²) in [5, 5.41) is 2.09. The van der Waals surface area contributed by atoms with E-state index in [0.29, 0.717) is 0 Å². The third-order valence-electron chi connectivity index (χ3n) is 5.54. The van der Waals surface area contributed by atoms with Crippen molar-refractivity contribution < 1.29 is 0 Å². The van der Waals surface area contributed by atoms with E-state index in [1.807, 2.05) is 0 Å². The molecule has 0 aromatic rings. The zero-order valence-electron chi connectivity index (χ0n) is 11.7. The molecule has 16 heavy (non-hydrogen) atoms. The van der Waals surface area contributed by atoms with Gasteiger partial charge in [-0.05, 0) is 54.1 Å². The molecule has 2 aliphatic carbocycles. The lowest BCUT2D eigenvalue weighted by Crippen LogP contribution is -2.24. The summed E-state index contributed by atoms with van der Waals surface area (Å²) in [6.45, 7) is 4.86. The first kappa shape index (κ1) is 12.8. The lowest BCUT2D eigenvalue weighted by atomic mass is 10.0. The number of hydrogen-bond acceptors (Lipinski definition) is 0. The van der Waals surface area contributed by atoms with Gasteiger partial charge in [0.05, 0.1) is 0 Å². The number of hydrogen-bond donors (Lipinski definition) is 0. The summed E-state index contributed by atoms with van der Waals surface area (Å²) in [5.74, 6) is 2.26. The van der Waals surface area contributed by atoms with Gasteiger partial charge in [-0.15, -0.1) is 0 Å². The Hall–Kier alpha value is 0.350. The van der Waals surface area contributed by atoms with Crippen molar-refractivity contribution in [3.63, 3.8) is 0 Å². The van der Waals surface area contributed by atoms with Crippen LogP contribution < -0.4 is 0 Å². The minimum absolute atomic E-state index is 0.343. The fourth-order valence-electron chi connectivity index (χ4n) is 4.04. The summed E-state index contributed by atoms with van der Waals surface area (Å²) < 4.78 is 0. The minimum atomic E-state index is -0.343. The first-order chi connectivity index (χ1) is 7.55. The van der Waals surface area contributed by atoms with Gasteiger partial charge < -0.3 is 0 Å². The van der Waals surface area contributed by atoms with Gasteiger partial charge in [0.1, 0.15) is 0 Å². The van der Waals surface area contributed by atoms with Crippen LogP contribution in [0.3, 0.4) is 0 Å². The van der Waals surface area contributed by atoms with Gasteiger partial charge in [0, 0.05) is 0 Å². The molecule has 3 atom stereocenters. The van der Waals surface area contributed by atoms with E-state index in [4.69, 9.17) is 0 Å². The SMILES string of the molecule is CCCC(C)S(C)(C)C1CC2CCCC2C1. The molecule has 3 unspecified atom stereocenters. The Morgan fingerprint density at radius 3 is 2.19 bits per heavy atom. The Morgan fingerprint density at radius 1 is 1.12 bits per heavy atom. The van der Waals surface area contributed by atoms with Gasteiger partial charge in [-0.3, -0.25) is 0 Å². The van der Waals surface area contributed by atoms with Crippen molar-refractivity contribution in [2.24, 2.45) is 11.8 Å². The van der Waals surface area contributed by atoms with E-state index < -0.39 is 0 Å². The van der Waals surface area contributed by atoms with Gasteiger partial charge >= 0.3 is 0 Å². The Morgan fingerprint density at radius 2 is 1.69 bits per heavy atom. The molecule has 0 bridgehead atoms. The van der Waals surface area contributed by atoms with Crippen LogP contribution in [0.25, 0.3) is 0 Å². The average Bonchev–Trinajstić information content (AvgIpc) is 2.76. The summed E-state index contributed by atoms with van der Waals surface area (Å²) >= 11 is 0. The van der Waals surface area contributed by atoms with Crippen LogP contribution in [0.5, 0.6) is 0 Å². The highest BCUT2D eigenvalue weighted by molar-refractivity contribution is 8.33. The van der Waals surface area contributed by atoms with Crippen molar-refractivity contribution in [3.05, 3.63) is 0 Å². The molecule has 2 aliphatic rings. The Kier molecular flexibility index (Phi) is 3.93.